The van der Waals surface area contributed by atoms with Gasteiger partial charge in [-0.15, -0.1) is 0 Å². The fraction of sp³-hybridized carbons (Fsp3) is 0.875. The minimum Gasteiger partial charge on any atom is -0.271 e. The highest BCUT2D eigenvalue weighted by Gasteiger charge is 2.54. The smallest absolute Gasteiger partial charge is 0.0453 e. The van der Waals surface area contributed by atoms with Gasteiger partial charge in [-0.2, -0.15) is 0 Å². The Balaban J connectivity index is 1.67. The SMILES string of the molecule is NNC(C1=CCCCCCC1)C1C2CCCCC21. The molecule has 2 saturated carbocycles. The minimum atomic E-state index is 0.496. The van der Waals surface area contributed by atoms with Crippen LogP contribution in [-0.2, 0) is 0 Å². The van der Waals surface area contributed by atoms with E-state index in [0.29, 0.717) is 6.04 Å². The van der Waals surface area contributed by atoms with Gasteiger partial charge in [0.2, 0.25) is 0 Å². The quantitative estimate of drug-likeness (QED) is 0.455. The van der Waals surface area contributed by atoms with Gasteiger partial charge in [-0.25, -0.2) is 0 Å². The van der Waals surface area contributed by atoms with E-state index >= 15 is 0 Å². The highest BCUT2D eigenvalue weighted by molar-refractivity contribution is 5.19. The molecule has 2 fully saturated rings. The molecule has 0 aromatic rings. The van der Waals surface area contributed by atoms with Gasteiger partial charge in [0.05, 0.1) is 0 Å². The second-order valence-corrected chi connectivity index (χ2v) is 6.57. The van der Waals surface area contributed by atoms with Gasteiger partial charge in [0, 0.05) is 6.04 Å². The van der Waals surface area contributed by atoms with Crippen LogP contribution >= 0.6 is 0 Å². The summed E-state index contributed by atoms with van der Waals surface area (Å²) < 4.78 is 0. The summed E-state index contributed by atoms with van der Waals surface area (Å²) in [6.07, 6.45) is 16.5. The second kappa shape index (κ2) is 5.75. The Labute approximate surface area is 111 Å². The number of allylic oxidation sites excluding steroid dienone is 1. The average molecular weight is 248 g/mol. The lowest BCUT2D eigenvalue weighted by atomic mass is 9.91. The monoisotopic (exact) mass is 248 g/mol. The van der Waals surface area contributed by atoms with E-state index in [9.17, 15) is 0 Å². The average Bonchev–Trinajstić information content (AvgIpc) is 3.07. The van der Waals surface area contributed by atoms with E-state index in [-0.39, 0.29) is 0 Å². The van der Waals surface area contributed by atoms with E-state index in [0.717, 1.165) is 17.8 Å². The summed E-state index contributed by atoms with van der Waals surface area (Å²) >= 11 is 0. The van der Waals surface area contributed by atoms with Gasteiger partial charge in [-0.3, -0.25) is 11.3 Å². The van der Waals surface area contributed by atoms with Gasteiger partial charge >= 0.3 is 0 Å². The number of nitrogens with two attached hydrogens (primary N) is 1. The first-order valence-electron chi connectivity index (χ1n) is 8.07. The third kappa shape index (κ3) is 2.50. The molecular formula is C16H28N2. The molecule has 3 atom stereocenters. The van der Waals surface area contributed by atoms with Crippen molar-refractivity contribution in [3.05, 3.63) is 11.6 Å². The minimum absolute atomic E-state index is 0.496. The zero-order chi connectivity index (χ0) is 12.4. The summed E-state index contributed by atoms with van der Waals surface area (Å²) in [7, 11) is 0. The van der Waals surface area contributed by atoms with Crippen molar-refractivity contribution in [3.8, 4) is 0 Å². The molecule has 3 aliphatic rings. The van der Waals surface area contributed by atoms with Crippen molar-refractivity contribution in [3.63, 3.8) is 0 Å². The van der Waals surface area contributed by atoms with Crippen LogP contribution in [0.1, 0.15) is 64.2 Å². The largest absolute Gasteiger partial charge is 0.271 e. The van der Waals surface area contributed by atoms with Crippen molar-refractivity contribution < 1.29 is 0 Å². The molecule has 0 spiro atoms. The normalized spacial score (nSPS) is 38.1. The number of fused-ring (bicyclic) bond motifs is 1. The Morgan fingerprint density at radius 3 is 2.44 bits per heavy atom. The van der Waals surface area contributed by atoms with E-state index in [1.165, 1.54) is 64.2 Å². The first kappa shape index (κ1) is 12.7. The first-order chi connectivity index (χ1) is 8.92. The van der Waals surface area contributed by atoms with Crippen LogP contribution in [0.5, 0.6) is 0 Å². The lowest BCUT2D eigenvalue weighted by Gasteiger charge is -2.22. The summed E-state index contributed by atoms with van der Waals surface area (Å²) in [6.45, 7) is 0. The predicted octanol–water partition coefficient (Wildman–Crippen LogP) is 3.54. The van der Waals surface area contributed by atoms with E-state index in [1.54, 1.807) is 5.57 Å². The molecule has 0 saturated heterocycles. The Kier molecular flexibility index (Phi) is 4.05. The van der Waals surface area contributed by atoms with Crippen LogP contribution in [0, 0.1) is 17.8 Å². The Morgan fingerprint density at radius 1 is 1.00 bits per heavy atom. The van der Waals surface area contributed by atoms with Crippen LogP contribution < -0.4 is 11.3 Å². The maximum Gasteiger partial charge on any atom is 0.0453 e. The standard InChI is InChI=1S/C16H28N2/c17-18-16(12-8-4-2-1-3-5-9-12)15-13-10-6-7-11-14(13)15/h8,13-16,18H,1-7,9-11,17H2. The molecule has 18 heavy (non-hydrogen) atoms. The van der Waals surface area contributed by atoms with E-state index in [2.05, 4.69) is 11.5 Å². The third-order valence-corrected chi connectivity index (χ3v) is 5.51. The van der Waals surface area contributed by atoms with Crippen LogP contribution in [-0.4, -0.2) is 6.04 Å². The summed E-state index contributed by atoms with van der Waals surface area (Å²) in [5.74, 6) is 8.75. The number of hydrazine groups is 1. The molecular weight excluding hydrogens is 220 g/mol. The molecule has 2 heteroatoms. The van der Waals surface area contributed by atoms with Crippen molar-refractivity contribution in [2.75, 3.05) is 0 Å². The van der Waals surface area contributed by atoms with Crippen LogP contribution in [0.15, 0.2) is 11.6 Å². The third-order valence-electron chi connectivity index (χ3n) is 5.51. The lowest BCUT2D eigenvalue weighted by Crippen LogP contribution is -2.39. The maximum absolute atomic E-state index is 5.90. The van der Waals surface area contributed by atoms with Gasteiger partial charge in [-0.1, -0.05) is 37.3 Å². The fourth-order valence-electron chi connectivity index (χ4n) is 4.51. The van der Waals surface area contributed by atoms with E-state index < -0.39 is 0 Å². The maximum atomic E-state index is 5.90. The molecule has 0 amide bonds. The van der Waals surface area contributed by atoms with Gasteiger partial charge in [0.25, 0.3) is 0 Å². The summed E-state index contributed by atoms with van der Waals surface area (Å²) in [4.78, 5) is 0. The van der Waals surface area contributed by atoms with Crippen LogP contribution in [0.3, 0.4) is 0 Å². The zero-order valence-electron chi connectivity index (χ0n) is 11.5. The lowest BCUT2D eigenvalue weighted by molar-refractivity contribution is 0.466. The highest BCUT2D eigenvalue weighted by Crippen LogP contribution is 2.58. The van der Waals surface area contributed by atoms with Crippen molar-refractivity contribution in [2.24, 2.45) is 23.6 Å². The molecule has 2 nitrogen and oxygen atoms in total. The van der Waals surface area contributed by atoms with Crippen molar-refractivity contribution in [2.45, 2.75) is 70.3 Å². The molecule has 102 valence electrons. The topological polar surface area (TPSA) is 38.0 Å². The van der Waals surface area contributed by atoms with Crippen LogP contribution in [0.25, 0.3) is 0 Å². The molecule has 0 aliphatic heterocycles. The number of rotatable bonds is 3. The number of hydrogen-bond donors (Lipinski definition) is 2. The summed E-state index contributed by atoms with van der Waals surface area (Å²) in [5, 5.41) is 0. The van der Waals surface area contributed by atoms with Crippen molar-refractivity contribution in [1.82, 2.24) is 5.43 Å². The fourth-order valence-corrected chi connectivity index (χ4v) is 4.51. The van der Waals surface area contributed by atoms with Crippen LogP contribution in [0.2, 0.25) is 0 Å². The molecule has 0 radical (unpaired) electrons. The predicted molar refractivity (Wildman–Crippen MR) is 75.8 cm³/mol. The molecule has 3 unspecified atom stereocenters. The van der Waals surface area contributed by atoms with E-state index in [4.69, 9.17) is 5.84 Å². The van der Waals surface area contributed by atoms with E-state index in [1.807, 2.05) is 0 Å². The van der Waals surface area contributed by atoms with Crippen LogP contribution in [0.4, 0.5) is 0 Å². The molecule has 3 N–H and O–H groups in total. The highest BCUT2D eigenvalue weighted by atomic mass is 15.2. The Bertz CT molecular complexity index is 298. The second-order valence-electron chi connectivity index (χ2n) is 6.57. The van der Waals surface area contributed by atoms with Gasteiger partial charge in [0.15, 0.2) is 0 Å². The molecule has 0 aromatic carbocycles. The first-order valence-corrected chi connectivity index (χ1v) is 8.07. The molecule has 0 bridgehead atoms. The zero-order valence-corrected chi connectivity index (χ0v) is 11.5. The Morgan fingerprint density at radius 2 is 1.72 bits per heavy atom. The van der Waals surface area contributed by atoms with Gasteiger partial charge in [-0.05, 0) is 56.3 Å². The van der Waals surface area contributed by atoms with Crippen molar-refractivity contribution >= 4 is 0 Å². The van der Waals surface area contributed by atoms with Gasteiger partial charge in [0.1, 0.15) is 0 Å². The van der Waals surface area contributed by atoms with Crippen molar-refractivity contribution in [1.29, 1.82) is 0 Å². The number of hydrogen-bond acceptors (Lipinski definition) is 2. The summed E-state index contributed by atoms with van der Waals surface area (Å²) in [5.41, 5.74) is 4.81. The molecule has 0 heterocycles. The number of nitrogens with one attached hydrogen (secondary N) is 1. The Hall–Kier alpha value is -0.340. The molecule has 3 rings (SSSR count). The summed E-state index contributed by atoms with van der Waals surface area (Å²) in [6, 6.07) is 0.496. The molecule has 0 aromatic heterocycles. The molecule has 3 aliphatic carbocycles. The van der Waals surface area contributed by atoms with Gasteiger partial charge < -0.3 is 0 Å².